The van der Waals surface area contributed by atoms with E-state index in [-0.39, 0.29) is 5.41 Å². The molecule has 1 aliphatic carbocycles. The molecule has 1 heterocycles. The molecule has 0 radical (unpaired) electrons. The normalized spacial score (nSPS) is 18.1. The van der Waals surface area contributed by atoms with E-state index >= 15 is 0 Å². The van der Waals surface area contributed by atoms with Crippen LogP contribution in [0.4, 0.5) is 13.2 Å². The Labute approximate surface area is 138 Å². The first-order valence-corrected chi connectivity index (χ1v) is 8.50. The number of hydrogen-bond acceptors (Lipinski definition) is 1. The van der Waals surface area contributed by atoms with Crippen LogP contribution in [0.2, 0.25) is 0 Å². The van der Waals surface area contributed by atoms with E-state index in [0.29, 0.717) is 0 Å². The second kappa shape index (κ2) is 8.53. The van der Waals surface area contributed by atoms with Gasteiger partial charge in [0.2, 0.25) is 0 Å². The molecule has 1 N–H and O–H groups in total. The van der Waals surface area contributed by atoms with Gasteiger partial charge in [-0.3, -0.25) is 0 Å². The second-order valence-electron chi connectivity index (χ2n) is 5.92. The van der Waals surface area contributed by atoms with Gasteiger partial charge in [0.25, 0.3) is 0 Å². The summed E-state index contributed by atoms with van der Waals surface area (Å²) in [5, 5.41) is 3.25. The predicted molar refractivity (Wildman–Crippen MR) is 91.3 cm³/mol. The lowest BCUT2D eigenvalue weighted by Gasteiger charge is -2.37. The zero-order chi connectivity index (χ0) is 17.5. The fourth-order valence-corrected chi connectivity index (χ4v) is 2.72. The average molecular weight is 327 g/mol. The molecular weight excluding hydrogens is 299 g/mol. The summed E-state index contributed by atoms with van der Waals surface area (Å²) in [6, 6.07) is 5.50. The van der Waals surface area contributed by atoms with Crippen molar-refractivity contribution in [1.29, 1.82) is 0 Å². The van der Waals surface area contributed by atoms with E-state index in [4.69, 9.17) is 0 Å². The molecule has 3 rings (SSSR count). The fourth-order valence-electron chi connectivity index (χ4n) is 2.72. The van der Waals surface area contributed by atoms with Crippen LogP contribution in [0.3, 0.4) is 0 Å². The molecular formula is C19H28F3N. The topological polar surface area (TPSA) is 12.0 Å². The molecule has 0 unspecified atom stereocenters. The molecule has 1 nitrogen and oxygen atoms in total. The van der Waals surface area contributed by atoms with Crippen LogP contribution in [0.5, 0.6) is 0 Å². The van der Waals surface area contributed by atoms with Crippen molar-refractivity contribution in [2.24, 2.45) is 5.41 Å². The Kier molecular flexibility index (Phi) is 7.33. The molecule has 0 atom stereocenters. The molecule has 0 amide bonds. The van der Waals surface area contributed by atoms with Crippen molar-refractivity contribution < 1.29 is 13.2 Å². The van der Waals surface area contributed by atoms with E-state index in [1.165, 1.54) is 24.1 Å². The van der Waals surface area contributed by atoms with Crippen LogP contribution in [0.25, 0.3) is 5.57 Å². The minimum absolute atomic E-state index is 0.276. The number of rotatable bonds is 1. The van der Waals surface area contributed by atoms with Crippen LogP contribution in [0.15, 0.2) is 30.3 Å². The number of halogens is 3. The fraction of sp³-hybridized carbons (Fsp3) is 0.579. The zero-order valence-electron chi connectivity index (χ0n) is 14.6. The van der Waals surface area contributed by atoms with Gasteiger partial charge in [0.1, 0.15) is 0 Å². The lowest BCUT2D eigenvalue weighted by Crippen LogP contribution is -2.50. The maximum atomic E-state index is 12.5. The van der Waals surface area contributed by atoms with Crippen LogP contribution < -0.4 is 5.32 Å². The van der Waals surface area contributed by atoms with Crippen molar-refractivity contribution >= 4 is 5.57 Å². The first kappa shape index (κ1) is 19.8. The van der Waals surface area contributed by atoms with E-state index in [0.717, 1.165) is 31.5 Å². The maximum Gasteiger partial charge on any atom is 0.416 e. The SMILES string of the molecule is CC.CCC.FC(F)(F)c1ccc(C2=CC3(CC2)CNC3)cc1. The quantitative estimate of drug-likeness (QED) is 0.675. The van der Waals surface area contributed by atoms with E-state index in [1.807, 2.05) is 13.8 Å². The molecule has 1 saturated heterocycles. The highest BCUT2D eigenvalue weighted by Gasteiger charge is 2.38. The van der Waals surface area contributed by atoms with Crippen molar-refractivity contribution in [2.75, 3.05) is 13.1 Å². The Bertz CT molecular complexity index is 496. The van der Waals surface area contributed by atoms with Crippen LogP contribution in [-0.2, 0) is 6.18 Å². The first-order valence-electron chi connectivity index (χ1n) is 8.50. The van der Waals surface area contributed by atoms with Gasteiger partial charge in [-0.15, -0.1) is 0 Å². The van der Waals surface area contributed by atoms with Gasteiger partial charge in [0.05, 0.1) is 5.56 Å². The number of benzene rings is 1. The van der Waals surface area contributed by atoms with E-state index in [9.17, 15) is 13.2 Å². The Morgan fingerprint density at radius 2 is 1.57 bits per heavy atom. The van der Waals surface area contributed by atoms with E-state index in [1.54, 1.807) is 12.1 Å². The van der Waals surface area contributed by atoms with Gasteiger partial charge in [0, 0.05) is 18.5 Å². The Hall–Kier alpha value is -1.29. The van der Waals surface area contributed by atoms with E-state index < -0.39 is 11.7 Å². The molecule has 23 heavy (non-hydrogen) atoms. The number of alkyl halides is 3. The van der Waals surface area contributed by atoms with Crippen LogP contribution in [0.1, 0.15) is 58.1 Å². The van der Waals surface area contributed by atoms with Crippen molar-refractivity contribution in [3.8, 4) is 0 Å². The number of nitrogens with one attached hydrogen (secondary N) is 1. The van der Waals surface area contributed by atoms with Crippen LogP contribution >= 0.6 is 0 Å². The predicted octanol–water partition coefficient (Wildman–Crippen LogP) is 5.91. The molecule has 1 spiro atoms. The summed E-state index contributed by atoms with van der Waals surface area (Å²) in [5.74, 6) is 0. The molecule has 130 valence electrons. The highest BCUT2D eigenvalue weighted by atomic mass is 19.4. The average Bonchev–Trinajstić information content (AvgIpc) is 2.95. The van der Waals surface area contributed by atoms with Crippen LogP contribution in [-0.4, -0.2) is 13.1 Å². The Morgan fingerprint density at radius 1 is 1.04 bits per heavy atom. The summed E-state index contributed by atoms with van der Waals surface area (Å²) in [5.41, 5.74) is 1.81. The molecule has 4 heteroatoms. The Morgan fingerprint density at radius 3 is 1.91 bits per heavy atom. The smallest absolute Gasteiger partial charge is 0.315 e. The standard InChI is InChI=1S/C14H14F3N.C3H8.C2H6/c15-14(16,17)12-3-1-10(2-4-12)11-5-6-13(7-11)8-18-9-13;1-3-2;1-2/h1-4,7,18H,5-6,8-9H2;3H2,1-2H3;1-2H3. The van der Waals surface area contributed by atoms with Crippen LogP contribution in [0, 0.1) is 5.41 Å². The summed E-state index contributed by atoms with van der Waals surface area (Å²) in [6.07, 6.45) is 1.32. The maximum absolute atomic E-state index is 12.5. The van der Waals surface area contributed by atoms with Gasteiger partial charge in [0.15, 0.2) is 0 Å². The first-order chi connectivity index (χ1) is 10.9. The largest absolute Gasteiger partial charge is 0.416 e. The highest BCUT2D eigenvalue weighted by molar-refractivity contribution is 5.69. The van der Waals surface area contributed by atoms with E-state index in [2.05, 4.69) is 25.2 Å². The third kappa shape index (κ3) is 5.10. The lowest BCUT2D eigenvalue weighted by molar-refractivity contribution is -0.137. The van der Waals surface area contributed by atoms with Gasteiger partial charge in [-0.25, -0.2) is 0 Å². The monoisotopic (exact) mass is 327 g/mol. The molecule has 1 aliphatic heterocycles. The molecule has 1 aromatic carbocycles. The summed E-state index contributed by atoms with van der Waals surface area (Å²) in [7, 11) is 0. The van der Waals surface area contributed by atoms with Gasteiger partial charge >= 0.3 is 6.18 Å². The second-order valence-corrected chi connectivity index (χ2v) is 5.92. The van der Waals surface area contributed by atoms with Gasteiger partial charge < -0.3 is 5.32 Å². The molecule has 1 aromatic rings. The zero-order valence-corrected chi connectivity index (χ0v) is 14.6. The third-order valence-electron chi connectivity index (χ3n) is 3.91. The third-order valence-corrected chi connectivity index (χ3v) is 3.91. The summed E-state index contributed by atoms with van der Waals surface area (Å²) < 4.78 is 37.4. The minimum atomic E-state index is -4.25. The van der Waals surface area contributed by atoms with Crippen molar-refractivity contribution in [2.45, 2.75) is 53.1 Å². The summed E-state index contributed by atoms with van der Waals surface area (Å²) in [6.45, 7) is 10.2. The van der Waals surface area contributed by atoms with Gasteiger partial charge in [-0.1, -0.05) is 52.3 Å². The summed E-state index contributed by atoms with van der Waals surface area (Å²) >= 11 is 0. The molecule has 0 aromatic heterocycles. The number of allylic oxidation sites excluding steroid dienone is 1. The minimum Gasteiger partial charge on any atom is -0.315 e. The molecule has 2 aliphatic rings. The molecule has 0 bridgehead atoms. The van der Waals surface area contributed by atoms with Crippen molar-refractivity contribution in [1.82, 2.24) is 5.32 Å². The number of hydrogen-bond donors (Lipinski definition) is 1. The lowest BCUT2D eigenvalue weighted by atomic mass is 9.82. The summed E-state index contributed by atoms with van der Waals surface area (Å²) in [4.78, 5) is 0. The highest BCUT2D eigenvalue weighted by Crippen LogP contribution is 2.43. The van der Waals surface area contributed by atoms with Gasteiger partial charge in [-0.05, 0) is 36.1 Å². The van der Waals surface area contributed by atoms with Crippen molar-refractivity contribution in [3.05, 3.63) is 41.5 Å². The van der Waals surface area contributed by atoms with Gasteiger partial charge in [-0.2, -0.15) is 13.2 Å². The molecule has 1 fully saturated rings. The Balaban J connectivity index is 0.000000477. The van der Waals surface area contributed by atoms with Crippen molar-refractivity contribution in [3.63, 3.8) is 0 Å². The molecule has 0 saturated carbocycles.